The molecule has 0 fully saturated rings. The standard InChI is InChI=1S/C14H21N3OS/c1-4-6-7-8-18-12-11-9-10(3)19-13(11)17-14(16-12)15-5-2/h9H,4-8H2,1-3H3,(H,15,16,17). The van der Waals surface area contributed by atoms with Gasteiger partial charge in [-0.05, 0) is 26.3 Å². The molecule has 2 rings (SSSR count). The Kier molecular flexibility index (Phi) is 4.96. The number of nitrogens with one attached hydrogen (secondary N) is 1. The van der Waals surface area contributed by atoms with Gasteiger partial charge < -0.3 is 10.1 Å². The largest absolute Gasteiger partial charge is 0.477 e. The Balaban J connectivity index is 2.22. The summed E-state index contributed by atoms with van der Waals surface area (Å²) in [6.45, 7) is 7.84. The maximum atomic E-state index is 5.84. The first kappa shape index (κ1) is 14.1. The van der Waals surface area contributed by atoms with E-state index in [1.165, 1.54) is 17.7 Å². The smallest absolute Gasteiger partial charge is 0.227 e. The van der Waals surface area contributed by atoms with Crippen molar-refractivity contribution >= 4 is 27.5 Å². The van der Waals surface area contributed by atoms with Crippen LogP contribution in [0, 0.1) is 6.92 Å². The van der Waals surface area contributed by atoms with E-state index in [1.54, 1.807) is 11.3 Å². The number of aryl methyl sites for hydroxylation is 1. The molecule has 5 heteroatoms. The van der Waals surface area contributed by atoms with E-state index >= 15 is 0 Å². The highest BCUT2D eigenvalue weighted by molar-refractivity contribution is 7.18. The van der Waals surface area contributed by atoms with Gasteiger partial charge in [-0.15, -0.1) is 11.3 Å². The Bertz CT molecular complexity index is 539. The van der Waals surface area contributed by atoms with E-state index in [9.17, 15) is 0 Å². The van der Waals surface area contributed by atoms with Crippen LogP contribution in [0.4, 0.5) is 5.95 Å². The molecule has 0 amide bonds. The quantitative estimate of drug-likeness (QED) is 0.778. The third-order valence-electron chi connectivity index (χ3n) is 2.80. The zero-order chi connectivity index (χ0) is 13.7. The minimum atomic E-state index is 0.655. The van der Waals surface area contributed by atoms with Crippen molar-refractivity contribution in [2.75, 3.05) is 18.5 Å². The van der Waals surface area contributed by atoms with Gasteiger partial charge in [-0.3, -0.25) is 0 Å². The van der Waals surface area contributed by atoms with E-state index in [0.29, 0.717) is 11.8 Å². The van der Waals surface area contributed by atoms with Gasteiger partial charge in [0, 0.05) is 11.4 Å². The zero-order valence-corrected chi connectivity index (χ0v) is 12.6. The predicted molar refractivity (Wildman–Crippen MR) is 81.3 cm³/mol. The second kappa shape index (κ2) is 6.70. The number of thiophene rings is 1. The molecule has 0 bridgehead atoms. The van der Waals surface area contributed by atoms with Crippen LogP contribution in [0.15, 0.2) is 6.07 Å². The molecular weight excluding hydrogens is 258 g/mol. The van der Waals surface area contributed by atoms with E-state index < -0.39 is 0 Å². The second-order valence-electron chi connectivity index (χ2n) is 4.51. The molecular formula is C14H21N3OS. The number of fused-ring (bicyclic) bond motifs is 1. The molecule has 19 heavy (non-hydrogen) atoms. The van der Waals surface area contributed by atoms with Crippen molar-refractivity contribution in [3.8, 4) is 5.88 Å². The first-order chi connectivity index (χ1) is 9.24. The van der Waals surface area contributed by atoms with Crippen LogP contribution in [-0.2, 0) is 0 Å². The summed E-state index contributed by atoms with van der Waals surface area (Å²) in [6, 6.07) is 2.10. The molecule has 0 aromatic carbocycles. The maximum Gasteiger partial charge on any atom is 0.227 e. The van der Waals surface area contributed by atoms with E-state index in [4.69, 9.17) is 4.74 Å². The van der Waals surface area contributed by atoms with Gasteiger partial charge in [0.2, 0.25) is 11.8 Å². The molecule has 0 atom stereocenters. The van der Waals surface area contributed by atoms with Crippen LogP contribution in [0.25, 0.3) is 10.2 Å². The van der Waals surface area contributed by atoms with E-state index in [-0.39, 0.29) is 0 Å². The lowest BCUT2D eigenvalue weighted by Crippen LogP contribution is -2.05. The fourth-order valence-electron chi connectivity index (χ4n) is 1.88. The summed E-state index contributed by atoms with van der Waals surface area (Å²) in [7, 11) is 0. The number of rotatable bonds is 7. The molecule has 2 heterocycles. The number of aromatic nitrogens is 2. The molecule has 0 spiro atoms. The van der Waals surface area contributed by atoms with Crippen molar-refractivity contribution in [3.05, 3.63) is 10.9 Å². The Morgan fingerprint density at radius 2 is 2.11 bits per heavy atom. The second-order valence-corrected chi connectivity index (χ2v) is 5.75. The van der Waals surface area contributed by atoms with Crippen LogP contribution in [-0.4, -0.2) is 23.1 Å². The van der Waals surface area contributed by atoms with Crippen LogP contribution in [0.1, 0.15) is 38.0 Å². The Morgan fingerprint density at radius 3 is 2.84 bits per heavy atom. The molecule has 0 saturated heterocycles. The van der Waals surface area contributed by atoms with Crippen molar-refractivity contribution in [1.82, 2.24) is 9.97 Å². The molecule has 4 nitrogen and oxygen atoms in total. The summed E-state index contributed by atoms with van der Waals surface area (Å²) in [4.78, 5) is 11.2. The van der Waals surface area contributed by atoms with E-state index in [0.717, 1.165) is 29.8 Å². The summed E-state index contributed by atoms with van der Waals surface area (Å²) < 4.78 is 5.84. The average Bonchev–Trinajstić information content (AvgIpc) is 2.75. The van der Waals surface area contributed by atoms with Crippen LogP contribution in [0.2, 0.25) is 0 Å². The van der Waals surface area contributed by atoms with Crippen LogP contribution in [0.5, 0.6) is 5.88 Å². The van der Waals surface area contributed by atoms with Gasteiger partial charge >= 0.3 is 0 Å². The number of hydrogen-bond acceptors (Lipinski definition) is 5. The van der Waals surface area contributed by atoms with Gasteiger partial charge in [0.15, 0.2) is 0 Å². The fraction of sp³-hybridized carbons (Fsp3) is 0.571. The van der Waals surface area contributed by atoms with Gasteiger partial charge in [-0.2, -0.15) is 4.98 Å². The molecule has 0 aliphatic rings. The van der Waals surface area contributed by atoms with Crippen LogP contribution >= 0.6 is 11.3 Å². The number of anilines is 1. The number of hydrogen-bond donors (Lipinski definition) is 1. The Labute approximate surface area is 118 Å². The van der Waals surface area contributed by atoms with Crippen LogP contribution < -0.4 is 10.1 Å². The average molecular weight is 279 g/mol. The zero-order valence-electron chi connectivity index (χ0n) is 11.8. The van der Waals surface area contributed by atoms with E-state index in [2.05, 4.69) is 35.2 Å². The fourth-order valence-corrected chi connectivity index (χ4v) is 2.75. The third-order valence-corrected chi connectivity index (χ3v) is 3.75. The van der Waals surface area contributed by atoms with Crippen molar-refractivity contribution in [3.63, 3.8) is 0 Å². The molecule has 0 aliphatic carbocycles. The predicted octanol–water partition coefficient (Wildman–Crippen LogP) is 4.00. The first-order valence-electron chi connectivity index (χ1n) is 6.89. The van der Waals surface area contributed by atoms with Gasteiger partial charge in [-0.25, -0.2) is 4.98 Å². The highest BCUT2D eigenvalue weighted by atomic mass is 32.1. The number of unbranched alkanes of at least 4 members (excludes halogenated alkanes) is 2. The van der Waals surface area contributed by atoms with Crippen molar-refractivity contribution < 1.29 is 4.74 Å². The topological polar surface area (TPSA) is 47.0 Å². The third kappa shape index (κ3) is 3.56. The van der Waals surface area contributed by atoms with Crippen molar-refractivity contribution in [2.24, 2.45) is 0 Å². The van der Waals surface area contributed by atoms with Crippen molar-refractivity contribution in [2.45, 2.75) is 40.0 Å². The first-order valence-corrected chi connectivity index (χ1v) is 7.71. The molecule has 2 aromatic heterocycles. The van der Waals surface area contributed by atoms with E-state index in [1.807, 2.05) is 6.92 Å². The number of nitrogens with zero attached hydrogens (tertiary/aromatic N) is 2. The van der Waals surface area contributed by atoms with Gasteiger partial charge in [0.05, 0.1) is 12.0 Å². The monoisotopic (exact) mass is 279 g/mol. The lowest BCUT2D eigenvalue weighted by Gasteiger charge is -2.08. The van der Waals surface area contributed by atoms with Gasteiger partial charge in [0.1, 0.15) is 4.83 Å². The highest BCUT2D eigenvalue weighted by Gasteiger charge is 2.11. The van der Waals surface area contributed by atoms with Gasteiger partial charge in [-0.1, -0.05) is 19.8 Å². The number of ether oxygens (including phenoxy) is 1. The molecule has 0 radical (unpaired) electrons. The van der Waals surface area contributed by atoms with Gasteiger partial charge in [0.25, 0.3) is 0 Å². The Morgan fingerprint density at radius 1 is 1.26 bits per heavy atom. The Hall–Kier alpha value is -1.36. The molecule has 1 N–H and O–H groups in total. The summed E-state index contributed by atoms with van der Waals surface area (Å²) in [5.41, 5.74) is 0. The van der Waals surface area contributed by atoms with Crippen molar-refractivity contribution in [1.29, 1.82) is 0 Å². The molecule has 0 unspecified atom stereocenters. The summed E-state index contributed by atoms with van der Waals surface area (Å²) in [5.74, 6) is 1.36. The summed E-state index contributed by atoms with van der Waals surface area (Å²) >= 11 is 1.68. The normalized spacial score (nSPS) is 10.9. The minimum Gasteiger partial charge on any atom is -0.477 e. The van der Waals surface area contributed by atoms with Crippen LogP contribution in [0.3, 0.4) is 0 Å². The maximum absolute atomic E-state index is 5.84. The molecule has 104 valence electrons. The minimum absolute atomic E-state index is 0.655. The lowest BCUT2D eigenvalue weighted by atomic mass is 10.3. The highest BCUT2D eigenvalue weighted by Crippen LogP contribution is 2.31. The molecule has 2 aromatic rings. The lowest BCUT2D eigenvalue weighted by molar-refractivity contribution is 0.299. The summed E-state index contributed by atoms with van der Waals surface area (Å²) in [5, 5.41) is 4.18. The SMILES string of the molecule is CCCCCOc1nc(NCC)nc2sc(C)cc12. The molecule has 0 saturated carbocycles. The summed E-state index contributed by atoms with van der Waals surface area (Å²) in [6.07, 6.45) is 3.46. The molecule has 0 aliphatic heterocycles.